The molecule has 0 bridgehead atoms. The summed E-state index contributed by atoms with van der Waals surface area (Å²) in [4.78, 5) is 26.9. The molecule has 152 valence electrons. The Bertz CT molecular complexity index is 912. The van der Waals surface area contributed by atoms with Crippen LogP contribution in [0.5, 0.6) is 0 Å². The van der Waals surface area contributed by atoms with Gasteiger partial charge in [0.15, 0.2) is 0 Å². The molecular formula is C22H24FN3O3. The third-order valence-electron chi connectivity index (χ3n) is 5.34. The second kappa shape index (κ2) is 8.21. The summed E-state index contributed by atoms with van der Waals surface area (Å²) < 4.78 is 20.0. The van der Waals surface area contributed by atoms with Crippen molar-refractivity contribution >= 4 is 17.7 Å². The van der Waals surface area contributed by atoms with Crippen LogP contribution >= 0.6 is 0 Å². The number of nitrogens with one attached hydrogen (secondary N) is 1. The number of amides is 2. The number of carbonyl (C=O) groups is 2. The maximum absolute atomic E-state index is 14.8. The third kappa shape index (κ3) is 4.40. The van der Waals surface area contributed by atoms with E-state index in [0.717, 1.165) is 25.2 Å². The molecule has 2 saturated heterocycles. The molecule has 0 radical (unpaired) electrons. The number of benzene rings is 2. The van der Waals surface area contributed by atoms with E-state index in [4.69, 9.17) is 4.74 Å². The lowest BCUT2D eigenvalue weighted by Gasteiger charge is -2.30. The summed E-state index contributed by atoms with van der Waals surface area (Å²) >= 11 is 0. The summed E-state index contributed by atoms with van der Waals surface area (Å²) in [7, 11) is 0. The second-order valence-corrected chi connectivity index (χ2v) is 7.54. The summed E-state index contributed by atoms with van der Waals surface area (Å²) in [6.07, 6.45) is 0.268. The Balaban J connectivity index is 1.45. The predicted octanol–water partition coefficient (Wildman–Crippen LogP) is 3.16. The molecule has 6 nitrogen and oxygen atoms in total. The van der Waals surface area contributed by atoms with Gasteiger partial charge in [-0.15, -0.1) is 0 Å². The smallest absolute Gasteiger partial charge is 0.414 e. The first kappa shape index (κ1) is 19.4. The van der Waals surface area contributed by atoms with Crippen molar-refractivity contribution in [3.05, 3.63) is 53.8 Å². The van der Waals surface area contributed by atoms with Gasteiger partial charge in [-0.2, -0.15) is 0 Å². The van der Waals surface area contributed by atoms with E-state index in [-0.39, 0.29) is 19.0 Å². The van der Waals surface area contributed by atoms with Crippen LogP contribution < -0.4 is 10.2 Å². The highest BCUT2D eigenvalue weighted by Gasteiger charge is 2.32. The van der Waals surface area contributed by atoms with Crippen molar-refractivity contribution in [1.82, 2.24) is 10.2 Å². The molecule has 2 aromatic carbocycles. The monoisotopic (exact) mass is 397 g/mol. The van der Waals surface area contributed by atoms with Gasteiger partial charge in [0.2, 0.25) is 5.91 Å². The maximum atomic E-state index is 14.8. The van der Waals surface area contributed by atoms with Crippen LogP contribution in [-0.2, 0) is 16.1 Å². The Morgan fingerprint density at radius 1 is 1.21 bits per heavy atom. The van der Waals surface area contributed by atoms with Crippen molar-refractivity contribution in [3.63, 3.8) is 0 Å². The molecule has 2 fully saturated rings. The number of rotatable bonds is 6. The number of halogens is 1. The average Bonchev–Trinajstić information content (AvgIpc) is 3.04. The molecule has 2 amide bonds. The van der Waals surface area contributed by atoms with Gasteiger partial charge in [-0.05, 0) is 48.8 Å². The molecule has 0 saturated carbocycles. The van der Waals surface area contributed by atoms with E-state index in [9.17, 15) is 14.0 Å². The molecule has 2 aliphatic rings. The number of likely N-dealkylation sites (tertiary alicyclic amines) is 1. The minimum atomic E-state index is -0.539. The quantitative estimate of drug-likeness (QED) is 0.813. The van der Waals surface area contributed by atoms with Gasteiger partial charge >= 0.3 is 6.09 Å². The first-order valence-electron chi connectivity index (χ1n) is 9.83. The Morgan fingerprint density at radius 3 is 2.59 bits per heavy atom. The molecule has 2 heterocycles. The van der Waals surface area contributed by atoms with Crippen molar-refractivity contribution < 1.29 is 18.7 Å². The van der Waals surface area contributed by atoms with Gasteiger partial charge in [0.05, 0.1) is 18.8 Å². The number of anilines is 1. The van der Waals surface area contributed by atoms with Crippen LogP contribution in [0.1, 0.15) is 18.9 Å². The normalized spacial score (nSPS) is 19.0. The van der Waals surface area contributed by atoms with Crippen molar-refractivity contribution in [3.8, 4) is 11.1 Å². The number of nitrogens with zero attached hydrogens (tertiary/aromatic N) is 2. The minimum Gasteiger partial charge on any atom is -0.442 e. The topological polar surface area (TPSA) is 61.9 Å². The largest absolute Gasteiger partial charge is 0.442 e. The van der Waals surface area contributed by atoms with Crippen LogP contribution in [0.15, 0.2) is 42.5 Å². The van der Waals surface area contributed by atoms with Crippen LogP contribution in [0.25, 0.3) is 11.1 Å². The van der Waals surface area contributed by atoms with Gasteiger partial charge in [0.1, 0.15) is 11.9 Å². The summed E-state index contributed by atoms with van der Waals surface area (Å²) in [6.45, 7) is 5.12. The van der Waals surface area contributed by atoms with E-state index in [0.29, 0.717) is 11.3 Å². The van der Waals surface area contributed by atoms with Gasteiger partial charge in [0.25, 0.3) is 0 Å². The molecule has 1 N–H and O–H groups in total. The second-order valence-electron chi connectivity index (χ2n) is 7.54. The fourth-order valence-electron chi connectivity index (χ4n) is 3.59. The summed E-state index contributed by atoms with van der Waals surface area (Å²) in [5, 5.41) is 2.63. The number of cyclic esters (lactones) is 1. The standard InChI is InChI=1S/C22H24FN3O3/c1-15(27)24-12-19-14-26(22(28)29-19)18-7-8-20(21(23)11-18)17-5-3-16(4-6-17)13-25-9-2-10-25/h3-8,11,19H,2,9-10,12-14H2,1H3,(H,24,27). The van der Waals surface area contributed by atoms with E-state index in [1.54, 1.807) is 12.1 Å². The molecule has 0 aromatic heterocycles. The van der Waals surface area contributed by atoms with E-state index < -0.39 is 18.0 Å². The van der Waals surface area contributed by atoms with Crippen molar-refractivity contribution in [2.24, 2.45) is 0 Å². The molecule has 1 atom stereocenters. The summed E-state index contributed by atoms with van der Waals surface area (Å²) in [5.74, 6) is -0.582. The molecular weight excluding hydrogens is 373 g/mol. The Kier molecular flexibility index (Phi) is 5.49. The lowest BCUT2D eigenvalue weighted by molar-refractivity contribution is -0.119. The summed E-state index contributed by atoms with van der Waals surface area (Å²) in [6, 6.07) is 12.7. The van der Waals surface area contributed by atoms with Gasteiger partial charge in [-0.3, -0.25) is 14.6 Å². The minimum absolute atomic E-state index is 0.189. The van der Waals surface area contributed by atoms with E-state index in [1.807, 2.05) is 24.3 Å². The number of hydrogen-bond donors (Lipinski definition) is 1. The fraction of sp³-hybridized carbons (Fsp3) is 0.364. The highest BCUT2D eigenvalue weighted by Crippen LogP contribution is 2.29. The van der Waals surface area contributed by atoms with Crippen molar-refractivity contribution in [2.45, 2.75) is 26.0 Å². The average molecular weight is 397 g/mol. The zero-order valence-electron chi connectivity index (χ0n) is 16.4. The molecule has 4 rings (SSSR count). The first-order chi connectivity index (χ1) is 14.0. The molecule has 29 heavy (non-hydrogen) atoms. The molecule has 1 unspecified atom stereocenters. The van der Waals surface area contributed by atoms with E-state index in [1.165, 1.54) is 29.9 Å². The Labute approximate surface area is 169 Å². The molecule has 2 aromatic rings. The molecule has 2 aliphatic heterocycles. The summed E-state index contributed by atoms with van der Waals surface area (Å²) in [5.41, 5.74) is 2.95. The zero-order valence-corrected chi connectivity index (χ0v) is 16.4. The Hall–Kier alpha value is -2.93. The van der Waals surface area contributed by atoms with Crippen LogP contribution in [0.3, 0.4) is 0 Å². The van der Waals surface area contributed by atoms with Gasteiger partial charge in [-0.25, -0.2) is 9.18 Å². The fourth-order valence-corrected chi connectivity index (χ4v) is 3.59. The number of carbonyl (C=O) groups excluding carboxylic acids is 2. The van der Waals surface area contributed by atoms with Crippen LogP contribution in [-0.4, -0.2) is 49.2 Å². The van der Waals surface area contributed by atoms with Crippen LogP contribution in [0.2, 0.25) is 0 Å². The highest BCUT2D eigenvalue weighted by atomic mass is 19.1. The van der Waals surface area contributed by atoms with E-state index >= 15 is 0 Å². The van der Waals surface area contributed by atoms with Crippen molar-refractivity contribution in [2.75, 3.05) is 31.1 Å². The van der Waals surface area contributed by atoms with Gasteiger partial charge in [0, 0.05) is 19.0 Å². The van der Waals surface area contributed by atoms with Gasteiger partial charge in [-0.1, -0.05) is 24.3 Å². The molecule has 0 spiro atoms. The lowest BCUT2D eigenvalue weighted by atomic mass is 10.0. The molecule has 0 aliphatic carbocycles. The highest BCUT2D eigenvalue weighted by molar-refractivity contribution is 5.90. The maximum Gasteiger partial charge on any atom is 0.414 e. The Morgan fingerprint density at radius 2 is 1.97 bits per heavy atom. The molecule has 7 heteroatoms. The first-order valence-corrected chi connectivity index (χ1v) is 9.83. The van der Waals surface area contributed by atoms with Crippen LogP contribution in [0.4, 0.5) is 14.9 Å². The SMILES string of the molecule is CC(=O)NCC1CN(c2ccc(-c3ccc(CN4CCC4)cc3)c(F)c2)C(=O)O1. The predicted molar refractivity (Wildman–Crippen MR) is 108 cm³/mol. The third-order valence-corrected chi connectivity index (χ3v) is 5.34. The lowest BCUT2D eigenvalue weighted by Crippen LogP contribution is -2.36. The van der Waals surface area contributed by atoms with Crippen molar-refractivity contribution in [1.29, 1.82) is 0 Å². The zero-order chi connectivity index (χ0) is 20.4. The van der Waals surface area contributed by atoms with Crippen LogP contribution in [0, 0.1) is 5.82 Å². The van der Waals surface area contributed by atoms with E-state index in [2.05, 4.69) is 10.2 Å². The number of hydrogen-bond acceptors (Lipinski definition) is 4. The van der Waals surface area contributed by atoms with Gasteiger partial charge < -0.3 is 10.1 Å². The number of ether oxygens (including phenoxy) is 1.